The molecule has 0 amide bonds. The Morgan fingerprint density at radius 3 is 0.881 bits per heavy atom. The van der Waals surface area contributed by atoms with Crippen LogP contribution in [-0.2, 0) is 9.59 Å². The lowest BCUT2D eigenvalue weighted by atomic mass is 9.71. The number of carbonyl (C=O) groups excluding carboxylic acids is 2. The van der Waals surface area contributed by atoms with Crippen LogP contribution in [0.25, 0.3) is 12.2 Å². The van der Waals surface area contributed by atoms with Crippen LogP contribution in [0, 0.1) is 35.5 Å². The maximum atomic E-state index is 13.4. The molecule has 0 N–H and O–H groups in total. The third-order valence-corrected chi connectivity index (χ3v) is 8.99. The van der Waals surface area contributed by atoms with E-state index in [-0.39, 0.29) is 33.2 Å². The second-order valence-corrected chi connectivity index (χ2v) is 16.6. The van der Waals surface area contributed by atoms with E-state index in [9.17, 15) is 9.59 Å². The molecule has 0 spiro atoms. The van der Waals surface area contributed by atoms with Crippen LogP contribution in [0.3, 0.4) is 0 Å². The zero-order valence-corrected chi connectivity index (χ0v) is 29.5. The zero-order chi connectivity index (χ0) is 32.3. The average Bonchev–Trinajstić information content (AvgIpc) is 2.82. The number of carbonyl (C=O) groups is 2. The van der Waals surface area contributed by atoms with Crippen molar-refractivity contribution in [3.05, 3.63) is 90.0 Å². The van der Waals surface area contributed by atoms with Crippen molar-refractivity contribution in [1.29, 1.82) is 0 Å². The van der Waals surface area contributed by atoms with Gasteiger partial charge in [0.2, 0.25) is 0 Å². The summed E-state index contributed by atoms with van der Waals surface area (Å²) in [6.07, 6.45) is 12.1. The van der Waals surface area contributed by atoms with Gasteiger partial charge in [-0.3, -0.25) is 9.59 Å². The van der Waals surface area contributed by atoms with Gasteiger partial charge in [0.1, 0.15) is 0 Å². The molecule has 4 heteroatoms. The van der Waals surface area contributed by atoms with Gasteiger partial charge in [-0.25, -0.2) is 0 Å². The van der Waals surface area contributed by atoms with Crippen LogP contribution in [0.5, 0.6) is 0 Å². The smallest absolute Gasteiger partial charge is 0.186 e. The Balaban J connectivity index is 2.28. The van der Waals surface area contributed by atoms with Crippen molar-refractivity contribution in [1.82, 2.24) is 0 Å². The lowest BCUT2D eigenvalue weighted by Gasteiger charge is -2.31. The van der Waals surface area contributed by atoms with Crippen molar-refractivity contribution in [3.8, 4) is 0 Å². The highest BCUT2D eigenvalue weighted by molar-refractivity contribution is 6.37. The minimum absolute atomic E-state index is 0.0995. The largest absolute Gasteiger partial charge is 0.289 e. The normalized spacial score (nSPS) is 17.1. The molecule has 0 atom stereocenters. The van der Waals surface area contributed by atoms with Crippen LogP contribution in [0.4, 0.5) is 0 Å². The molecule has 0 aliphatic heterocycles. The number of Topliss-reactive ketones (excluding diaryl/α,β-unsaturated/α-hetero) is 2. The molecule has 0 bridgehead atoms. The van der Waals surface area contributed by atoms with Crippen LogP contribution in [-0.4, -0.2) is 11.6 Å². The molecule has 3 rings (SSSR count). The molecule has 42 heavy (non-hydrogen) atoms. The summed E-state index contributed by atoms with van der Waals surface area (Å²) < 4.78 is 0. The van der Waals surface area contributed by atoms with Gasteiger partial charge in [0.15, 0.2) is 11.6 Å². The molecule has 1 aromatic carbocycles. The average molecular weight is 608 g/mol. The molecule has 0 saturated heterocycles. The van der Waals surface area contributed by atoms with Crippen molar-refractivity contribution in [2.75, 3.05) is 0 Å². The molecule has 2 aliphatic rings. The van der Waals surface area contributed by atoms with E-state index in [2.05, 4.69) is 83.1 Å². The fourth-order valence-corrected chi connectivity index (χ4v) is 5.94. The van der Waals surface area contributed by atoms with E-state index >= 15 is 0 Å². The monoisotopic (exact) mass is 606 g/mol. The third-order valence-electron chi connectivity index (χ3n) is 8.02. The molecule has 0 fully saturated rings. The summed E-state index contributed by atoms with van der Waals surface area (Å²) in [4.78, 5) is 26.9. The van der Waals surface area contributed by atoms with E-state index in [1.807, 2.05) is 50.3 Å². The SMILES string of the molecule is Cc1c(Cl)c(C=C2C=C(C(C)(C)C)C(=O)C(C(C)(C)C)=C2)c(C)c(Cl)c1C=C1C=C(C(C)(C)C)C(=O)C(C(C)(C)C)=C1. The first-order valence-electron chi connectivity index (χ1n) is 14.8. The molecule has 226 valence electrons. The van der Waals surface area contributed by atoms with Crippen LogP contribution >= 0.6 is 23.2 Å². The van der Waals surface area contributed by atoms with Gasteiger partial charge in [0.05, 0.1) is 10.0 Å². The molecule has 0 heterocycles. The number of hydrogen-bond acceptors (Lipinski definition) is 2. The zero-order valence-electron chi connectivity index (χ0n) is 28.0. The van der Waals surface area contributed by atoms with Crippen LogP contribution < -0.4 is 0 Å². The van der Waals surface area contributed by atoms with Crippen LogP contribution in [0.15, 0.2) is 57.7 Å². The Hall–Kier alpha value is -2.42. The highest BCUT2D eigenvalue weighted by atomic mass is 35.5. The fourth-order valence-electron chi connectivity index (χ4n) is 5.34. The van der Waals surface area contributed by atoms with Gasteiger partial charge in [-0.2, -0.15) is 0 Å². The quantitative estimate of drug-likeness (QED) is 0.335. The van der Waals surface area contributed by atoms with Gasteiger partial charge in [0.25, 0.3) is 0 Å². The maximum absolute atomic E-state index is 13.4. The summed E-state index contributed by atoms with van der Waals surface area (Å²) >= 11 is 14.2. The molecule has 0 radical (unpaired) electrons. The molecule has 0 saturated carbocycles. The second-order valence-electron chi connectivity index (χ2n) is 15.9. The number of ketones is 2. The van der Waals surface area contributed by atoms with E-state index in [1.54, 1.807) is 0 Å². The van der Waals surface area contributed by atoms with E-state index in [0.29, 0.717) is 10.0 Å². The van der Waals surface area contributed by atoms with Crippen molar-refractivity contribution in [2.24, 2.45) is 21.7 Å². The fraction of sp³-hybridized carbons (Fsp3) is 0.474. The van der Waals surface area contributed by atoms with Gasteiger partial charge in [0, 0.05) is 22.3 Å². The Bertz CT molecular complexity index is 1320. The molecular weight excluding hydrogens is 559 g/mol. The van der Waals surface area contributed by atoms with E-state index < -0.39 is 0 Å². The number of halogens is 2. The number of hydrogen-bond donors (Lipinski definition) is 0. The summed E-state index contributed by atoms with van der Waals surface area (Å²) in [5, 5.41) is 1.24. The van der Waals surface area contributed by atoms with Crippen LogP contribution in [0.1, 0.15) is 105 Å². The highest BCUT2D eigenvalue weighted by Crippen LogP contribution is 2.43. The predicted octanol–water partition coefficient (Wildman–Crippen LogP) is 11.4. The predicted molar refractivity (Wildman–Crippen MR) is 182 cm³/mol. The Labute approximate surface area is 264 Å². The Morgan fingerprint density at radius 1 is 0.476 bits per heavy atom. The van der Waals surface area contributed by atoms with Crippen LogP contribution in [0.2, 0.25) is 10.0 Å². The molecule has 2 aliphatic carbocycles. The first-order chi connectivity index (χ1) is 18.9. The summed E-state index contributed by atoms with van der Waals surface area (Å²) in [7, 11) is 0. The van der Waals surface area contributed by atoms with Gasteiger partial charge < -0.3 is 0 Å². The van der Waals surface area contributed by atoms with Crippen molar-refractivity contribution in [2.45, 2.75) is 96.9 Å². The summed E-state index contributed by atoms with van der Waals surface area (Å²) in [5.74, 6) is 0.199. The minimum atomic E-state index is -0.302. The number of rotatable bonds is 2. The minimum Gasteiger partial charge on any atom is -0.289 e. The van der Waals surface area contributed by atoms with Gasteiger partial charge in [-0.1, -0.05) is 106 Å². The first-order valence-corrected chi connectivity index (χ1v) is 15.5. The summed E-state index contributed by atoms with van der Waals surface area (Å²) in [6.45, 7) is 28.8. The van der Waals surface area contributed by atoms with Crippen molar-refractivity contribution < 1.29 is 9.59 Å². The topological polar surface area (TPSA) is 34.1 Å². The molecule has 0 aromatic heterocycles. The first kappa shape index (κ1) is 34.1. The Kier molecular flexibility index (Phi) is 9.13. The number of allylic oxidation sites excluding steroid dienone is 10. The van der Waals surface area contributed by atoms with E-state index in [1.165, 1.54) is 0 Å². The molecular formula is C38H48Cl2O2. The van der Waals surface area contributed by atoms with Gasteiger partial charge in [-0.15, -0.1) is 0 Å². The van der Waals surface area contributed by atoms with Crippen molar-refractivity contribution in [3.63, 3.8) is 0 Å². The van der Waals surface area contributed by atoms with Crippen molar-refractivity contribution >= 4 is 46.9 Å². The molecule has 0 unspecified atom stereocenters. The third kappa shape index (κ3) is 6.87. The summed E-state index contributed by atoms with van der Waals surface area (Å²) in [6, 6.07) is 0. The molecule has 2 nitrogen and oxygen atoms in total. The lowest BCUT2D eigenvalue weighted by Crippen LogP contribution is -2.28. The van der Waals surface area contributed by atoms with Gasteiger partial charge in [-0.05, 0) is 105 Å². The molecule has 1 aromatic rings. The lowest BCUT2D eigenvalue weighted by molar-refractivity contribution is -0.114. The number of benzene rings is 1. The second kappa shape index (κ2) is 11.3. The summed E-state index contributed by atoms with van der Waals surface area (Å²) in [5.41, 5.74) is 7.21. The Morgan fingerprint density at radius 2 is 0.690 bits per heavy atom. The van der Waals surface area contributed by atoms with E-state index in [0.717, 1.165) is 55.7 Å². The van der Waals surface area contributed by atoms with Gasteiger partial charge >= 0.3 is 0 Å². The highest BCUT2D eigenvalue weighted by Gasteiger charge is 2.35. The van der Waals surface area contributed by atoms with E-state index in [4.69, 9.17) is 23.2 Å². The maximum Gasteiger partial charge on any atom is 0.186 e. The standard InChI is InChI=1S/C38H48Cl2O2/c1-21-25(15-23-17-27(35(3,4)5)33(41)28(18-23)36(6,7)8)32(40)22(2)26(31(21)39)16-24-19-29(37(9,10)11)34(42)30(20-24)38(12,13)14/h15-20H,1-14H3.